The topological polar surface area (TPSA) is 64.3 Å². The van der Waals surface area contributed by atoms with E-state index in [1.54, 1.807) is 0 Å². The van der Waals surface area contributed by atoms with Crippen LogP contribution >= 0.6 is 0 Å². The minimum Gasteiger partial charge on any atom is -0.444 e. The van der Waals surface area contributed by atoms with Gasteiger partial charge in [0.15, 0.2) is 0 Å². The first kappa shape index (κ1) is 13.3. The Morgan fingerprint density at radius 2 is 2.06 bits per heavy atom. The molecule has 0 aliphatic heterocycles. The number of ether oxygens (including phenoxy) is 1. The molecule has 94 valence electrons. The van der Waals surface area contributed by atoms with Crippen LogP contribution in [0.3, 0.4) is 0 Å². The Bertz CT molecular complexity index is 252. The van der Waals surface area contributed by atoms with Crippen molar-refractivity contribution in [2.24, 2.45) is 5.73 Å². The normalized spacial score (nSPS) is 20.1. The number of nitrogens with two attached hydrogens (primary N) is 1. The van der Waals surface area contributed by atoms with Crippen LogP contribution in [0.2, 0.25) is 0 Å². The fraction of sp³-hybridized carbons (Fsp3) is 0.917. The summed E-state index contributed by atoms with van der Waals surface area (Å²) in [6.45, 7) is 7.60. The van der Waals surface area contributed by atoms with E-state index in [0.717, 1.165) is 25.7 Å². The maximum absolute atomic E-state index is 11.6. The molecular weight excluding hydrogens is 204 g/mol. The lowest BCUT2D eigenvalue weighted by atomic mass is 10.1. The predicted octanol–water partition coefficient (Wildman–Crippen LogP) is 2.17. The first-order chi connectivity index (χ1) is 7.22. The van der Waals surface area contributed by atoms with Crippen molar-refractivity contribution in [1.29, 1.82) is 0 Å². The van der Waals surface area contributed by atoms with Crippen molar-refractivity contribution < 1.29 is 9.53 Å². The van der Waals surface area contributed by atoms with E-state index in [1.807, 2.05) is 27.7 Å². The zero-order valence-electron chi connectivity index (χ0n) is 10.8. The van der Waals surface area contributed by atoms with E-state index in [0.29, 0.717) is 0 Å². The van der Waals surface area contributed by atoms with Gasteiger partial charge in [0, 0.05) is 11.6 Å². The Morgan fingerprint density at radius 1 is 1.50 bits per heavy atom. The molecule has 0 aromatic heterocycles. The first-order valence-electron chi connectivity index (χ1n) is 5.99. The molecule has 0 aromatic rings. The van der Waals surface area contributed by atoms with Gasteiger partial charge in [0.1, 0.15) is 5.60 Å². The van der Waals surface area contributed by atoms with Crippen LogP contribution in [0.25, 0.3) is 0 Å². The highest BCUT2D eigenvalue weighted by Gasteiger charge is 2.44. The lowest BCUT2D eigenvalue weighted by Crippen LogP contribution is -2.41. The number of rotatable bonds is 4. The zero-order valence-corrected chi connectivity index (χ0v) is 10.8. The van der Waals surface area contributed by atoms with Crippen LogP contribution in [0.5, 0.6) is 0 Å². The minimum absolute atomic E-state index is 0.0318. The summed E-state index contributed by atoms with van der Waals surface area (Å²) in [7, 11) is 0. The van der Waals surface area contributed by atoms with Gasteiger partial charge in [0.2, 0.25) is 0 Å². The van der Waals surface area contributed by atoms with Crippen LogP contribution in [0.4, 0.5) is 4.79 Å². The van der Waals surface area contributed by atoms with Crippen molar-refractivity contribution in [2.75, 3.05) is 0 Å². The second-order valence-corrected chi connectivity index (χ2v) is 5.92. The van der Waals surface area contributed by atoms with Crippen molar-refractivity contribution >= 4 is 6.09 Å². The van der Waals surface area contributed by atoms with Gasteiger partial charge in [-0.1, -0.05) is 0 Å². The van der Waals surface area contributed by atoms with Crippen LogP contribution < -0.4 is 11.1 Å². The summed E-state index contributed by atoms with van der Waals surface area (Å²) >= 11 is 0. The summed E-state index contributed by atoms with van der Waals surface area (Å²) < 4.78 is 5.24. The molecule has 0 spiro atoms. The number of hydrogen-bond acceptors (Lipinski definition) is 3. The Morgan fingerprint density at radius 3 is 2.44 bits per heavy atom. The molecule has 0 aromatic carbocycles. The molecule has 4 nitrogen and oxygen atoms in total. The molecule has 0 radical (unpaired) electrons. The Balaban J connectivity index is 2.33. The van der Waals surface area contributed by atoms with E-state index >= 15 is 0 Å². The number of nitrogens with one attached hydrogen (secondary N) is 1. The molecule has 0 heterocycles. The lowest BCUT2D eigenvalue weighted by molar-refractivity contribution is 0.0492. The molecule has 1 saturated carbocycles. The van der Waals surface area contributed by atoms with Crippen molar-refractivity contribution in [1.82, 2.24) is 5.32 Å². The van der Waals surface area contributed by atoms with Gasteiger partial charge in [-0.15, -0.1) is 0 Å². The van der Waals surface area contributed by atoms with Gasteiger partial charge in [0.05, 0.1) is 0 Å². The fourth-order valence-electron chi connectivity index (χ4n) is 1.61. The molecule has 4 heteroatoms. The van der Waals surface area contributed by atoms with Gasteiger partial charge in [0.25, 0.3) is 0 Å². The van der Waals surface area contributed by atoms with Crippen LogP contribution in [0.1, 0.15) is 53.4 Å². The number of carbonyl (C=O) groups excluding carboxylic acids is 1. The molecule has 1 unspecified atom stereocenters. The first-order valence-corrected chi connectivity index (χ1v) is 5.99. The molecular formula is C12H24N2O2. The highest BCUT2D eigenvalue weighted by molar-refractivity contribution is 5.69. The van der Waals surface area contributed by atoms with Gasteiger partial charge >= 0.3 is 6.09 Å². The van der Waals surface area contributed by atoms with Crippen LogP contribution in [-0.4, -0.2) is 23.3 Å². The molecule has 1 fully saturated rings. The quantitative estimate of drug-likeness (QED) is 0.775. The van der Waals surface area contributed by atoms with Gasteiger partial charge in [-0.3, -0.25) is 0 Å². The van der Waals surface area contributed by atoms with Crippen LogP contribution in [0, 0.1) is 0 Å². The van der Waals surface area contributed by atoms with E-state index < -0.39 is 5.60 Å². The Labute approximate surface area is 97.9 Å². The summed E-state index contributed by atoms with van der Waals surface area (Å²) in [5.74, 6) is 0. The van der Waals surface area contributed by atoms with E-state index in [1.165, 1.54) is 0 Å². The largest absolute Gasteiger partial charge is 0.444 e. The minimum atomic E-state index is -0.429. The van der Waals surface area contributed by atoms with E-state index in [-0.39, 0.29) is 17.7 Å². The zero-order chi connectivity index (χ0) is 12.4. The molecule has 3 N–H and O–H groups in total. The second kappa shape index (κ2) is 4.62. The second-order valence-electron chi connectivity index (χ2n) is 5.92. The van der Waals surface area contributed by atoms with E-state index in [4.69, 9.17) is 10.5 Å². The Hall–Kier alpha value is -0.770. The SMILES string of the molecule is CC(N)CCC1(NC(=O)OC(C)(C)C)CC1. The number of alkyl carbamates (subject to hydrolysis) is 1. The maximum Gasteiger partial charge on any atom is 0.408 e. The third kappa shape index (κ3) is 4.84. The van der Waals surface area contributed by atoms with E-state index in [9.17, 15) is 4.79 Å². The lowest BCUT2D eigenvalue weighted by Gasteiger charge is -2.23. The number of amides is 1. The predicted molar refractivity (Wildman–Crippen MR) is 64.2 cm³/mol. The van der Waals surface area contributed by atoms with Gasteiger partial charge in [-0.25, -0.2) is 4.79 Å². The van der Waals surface area contributed by atoms with Crippen LogP contribution in [0.15, 0.2) is 0 Å². The molecule has 0 saturated heterocycles. The molecule has 0 bridgehead atoms. The number of hydrogen-bond donors (Lipinski definition) is 2. The van der Waals surface area contributed by atoms with Gasteiger partial charge < -0.3 is 15.8 Å². The average Bonchev–Trinajstić information content (AvgIpc) is 2.78. The van der Waals surface area contributed by atoms with Crippen molar-refractivity contribution in [3.8, 4) is 0 Å². The highest BCUT2D eigenvalue weighted by Crippen LogP contribution is 2.40. The van der Waals surface area contributed by atoms with E-state index in [2.05, 4.69) is 5.32 Å². The Kier molecular flexibility index (Phi) is 3.84. The summed E-state index contributed by atoms with van der Waals surface area (Å²) in [6.07, 6.45) is 3.66. The summed E-state index contributed by atoms with van der Waals surface area (Å²) in [5.41, 5.74) is 5.25. The molecule has 1 atom stereocenters. The standard InChI is InChI=1S/C12H24N2O2/c1-9(13)5-6-12(7-8-12)14-10(15)16-11(2,3)4/h9H,5-8,13H2,1-4H3,(H,14,15). The molecule has 1 amide bonds. The maximum atomic E-state index is 11.6. The smallest absolute Gasteiger partial charge is 0.408 e. The monoisotopic (exact) mass is 228 g/mol. The molecule has 1 rings (SSSR count). The van der Waals surface area contributed by atoms with Gasteiger partial charge in [-0.2, -0.15) is 0 Å². The summed E-state index contributed by atoms with van der Waals surface area (Å²) in [4.78, 5) is 11.6. The van der Waals surface area contributed by atoms with Crippen molar-refractivity contribution in [2.45, 2.75) is 70.6 Å². The molecule has 16 heavy (non-hydrogen) atoms. The third-order valence-corrected chi connectivity index (χ3v) is 2.70. The molecule has 1 aliphatic rings. The fourth-order valence-corrected chi connectivity index (χ4v) is 1.61. The van der Waals surface area contributed by atoms with Crippen molar-refractivity contribution in [3.63, 3.8) is 0 Å². The highest BCUT2D eigenvalue weighted by atomic mass is 16.6. The summed E-state index contributed by atoms with van der Waals surface area (Å²) in [6, 6.07) is 0.193. The number of carbonyl (C=O) groups is 1. The molecule has 1 aliphatic carbocycles. The summed E-state index contributed by atoms with van der Waals surface area (Å²) in [5, 5.41) is 2.96. The van der Waals surface area contributed by atoms with Crippen LogP contribution in [-0.2, 0) is 4.74 Å². The third-order valence-electron chi connectivity index (χ3n) is 2.70. The average molecular weight is 228 g/mol. The van der Waals surface area contributed by atoms with Gasteiger partial charge in [-0.05, 0) is 53.4 Å². The van der Waals surface area contributed by atoms with Crippen molar-refractivity contribution in [3.05, 3.63) is 0 Å².